The molecule has 4 nitrogen and oxygen atoms in total. The van der Waals surface area contributed by atoms with E-state index in [1.54, 1.807) is 31.4 Å². The first-order chi connectivity index (χ1) is 16.8. The Morgan fingerprint density at radius 2 is 1.60 bits per heavy atom. The smallest absolute Gasteiger partial charge is 0.416 e. The van der Waals surface area contributed by atoms with E-state index in [2.05, 4.69) is 0 Å². The zero-order chi connectivity index (χ0) is 25.0. The van der Waals surface area contributed by atoms with Crippen molar-refractivity contribution in [2.75, 3.05) is 25.1 Å². The Bertz CT molecular complexity index is 1150. The summed E-state index contributed by atoms with van der Waals surface area (Å²) in [6, 6.07) is 20.6. The van der Waals surface area contributed by atoms with Gasteiger partial charge < -0.3 is 9.64 Å². The van der Waals surface area contributed by atoms with Crippen LogP contribution in [0.2, 0.25) is 0 Å². The maximum absolute atomic E-state index is 13.7. The minimum absolute atomic E-state index is 0.0794. The molecule has 1 aliphatic heterocycles. The quantitative estimate of drug-likeness (QED) is 0.411. The van der Waals surface area contributed by atoms with Crippen molar-refractivity contribution in [3.05, 3.63) is 95.1 Å². The number of piperidine rings is 1. The number of methoxy groups -OCH3 is 1. The summed E-state index contributed by atoms with van der Waals surface area (Å²) in [4.78, 5) is 17.6. The van der Waals surface area contributed by atoms with Gasteiger partial charge in [-0.2, -0.15) is 13.2 Å². The monoisotopic (exact) mass is 482 g/mol. The first-order valence-electron chi connectivity index (χ1n) is 11.7. The van der Waals surface area contributed by atoms with Crippen LogP contribution in [0.25, 0.3) is 0 Å². The molecule has 0 N–H and O–H groups in total. The van der Waals surface area contributed by atoms with Crippen LogP contribution in [0.5, 0.6) is 5.75 Å². The van der Waals surface area contributed by atoms with Crippen LogP contribution >= 0.6 is 0 Å². The fourth-order valence-corrected chi connectivity index (χ4v) is 4.66. The second-order valence-electron chi connectivity index (χ2n) is 8.87. The first-order valence-corrected chi connectivity index (χ1v) is 11.7. The maximum Gasteiger partial charge on any atom is 0.416 e. The van der Waals surface area contributed by atoms with E-state index < -0.39 is 11.7 Å². The SMILES string of the molecule is COc1ccccc1C(=O)N(c1ccc(C)cc1)C1CCN(Cc2ccccc2C(F)(F)F)CC1. The number of carbonyl (C=O) groups is 1. The third kappa shape index (κ3) is 5.68. The summed E-state index contributed by atoms with van der Waals surface area (Å²) in [7, 11) is 1.54. The minimum Gasteiger partial charge on any atom is -0.496 e. The lowest BCUT2D eigenvalue weighted by Crippen LogP contribution is -2.47. The van der Waals surface area contributed by atoms with Crippen LogP contribution in [-0.2, 0) is 12.7 Å². The molecule has 0 spiro atoms. The summed E-state index contributed by atoms with van der Waals surface area (Å²) < 4.78 is 45.7. The predicted molar refractivity (Wildman–Crippen MR) is 131 cm³/mol. The van der Waals surface area contributed by atoms with Crippen LogP contribution in [0.1, 0.15) is 39.9 Å². The number of hydrogen-bond donors (Lipinski definition) is 0. The first kappa shape index (κ1) is 24.8. The summed E-state index contributed by atoms with van der Waals surface area (Å²) in [5.41, 5.74) is 2.06. The molecule has 0 saturated carbocycles. The molecular formula is C28H29F3N2O2. The normalized spacial score (nSPS) is 15.1. The second kappa shape index (κ2) is 10.5. The van der Waals surface area contributed by atoms with Crippen LogP contribution in [0.3, 0.4) is 0 Å². The van der Waals surface area contributed by atoms with Crippen LogP contribution in [0.4, 0.5) is 18.9 Å². The van der Waals surface area contributed by atoms with Crippen molar-refractivity contribution in [1.29, 1.82) is 0 Å². The van der Waals surface area contributed by atoms with Gasteiger partial charge in [0.15, 0.2) is 0 Å². The molecule has 0 unspecified atom stereocenters. The van der Waals surface area contributed by atoms with Crippen molar-refractivity contribution in [1.82, 2.24) is 4.90 Å². The second-order valence-corrected chi connectivity index (χ2v) is 8.87. The molecule has 1 amide bonds. The number of likely N-dealkylation sites (tertiary alicyclic amines) is 1. The van der Waals surface area contributed by atoms with E-state index in [0.29, 0.717) is 37.2 Å². The Hall–Kier alpha value is -3.32. The Kier molecular flexibility index (Phi) is 7.45. The van der Waals surface area contributed by atoms with E-state index in [1.165, 1.54) is 6.07 Å². The minimum atomic E-state index is -4.38. The Balaban J connectivity index is 1.55. The Morgan fingerprint density at radius 1 is 0.971 bits per heavy atom. The van der Waals surface area contributed by atoms with Gasteiger partial charge in [-0.3, -0.25) is 9.69 Å². The number of alkyl halides is 3. The molecule has 1 saturated heterocycles. The van der Waals surface area contributed by atoms with Crippen molar-refractivity contribution in [2.24, 2.45) is 0 Å². The standard InChI is InChI=1S/C28H29F3N2O2/c1-20-11-13-22(14-12-20)33(27(34)24-8-4-6-10-26(24)35-2)23-15-17-32(18-16-23)19-21-7-3-5-9-25(21)28(29,30)31/h3-14,23H,15-19H2,1-2H3. The number of aryl methyl sites for hydroxylation is 1. The average Bonchev–Trinajstić information content (AvgIpc) is 2.86. The van der Waals surface area contributed by atoms with Crippen molar-refractivity contribution in [3.63, 3.8) is 0 Å². The average molecular weight is 483 g/mol. The van der Waals surface area contributed by atoms with Crippen molar-refractivity contribution < 1.29 is 22.7 Å². The van der Waals surface area contributed by atoms with E-state index in [9.17, 15) is 18.0 Å². The van der Waals surface area contributed by atoms with Gasteiger partial charge in [0.25, 0.3) is 5.91 Å². The third-order valence-corrected chi connectivity index (χ3v) is 6.51. The van der Waals surface area contributed by atoms with E-state index in [4.69, 9.17) is 4.74 Å². The number of amides is 1. The summed E-state index contributed by atoms with van der Waals surface area (Å²) in [6.45, 7) is 3.41. The van der Waals surface area contributed by atoms with Crippen LogP contribution in [-0.4, -0.2) is 37.0 Å². The van der Waals surface area contributed by atoms with E-state index in [1.807, 2.05) is 53.1 Å². The topological polar surface area (TPSA) is 32.8 Å². The number of nitrogens with zero attached hydrogens (tertiary/aromatic N) is 2. The molecule has 3 aromatic carbocycles. The van der Waals surface area contributed by atoms with Crippen LogP contribution < -0.4 is 9.64 Å². The lowest BCUT2D eigenvalue weighted by Gasteiger charge is -2.39. The molecule has 0 radical (unpaired) electrons. The summed E-state index contributed by atoms with van der Waals surface area (Å²) >= 11 is 0. The summed E-state index contributed by atoms with van der Waals surface area (Å²) in [5, 5.41) is 0. The van der Waals surface area contributed by atoms with Gasteiger partial charge in [0.2, 0.25) is 0 Å². The van der Waals surface area contributed by atoms with Gasteiger partial charge in [-0.15, -0.1) is 0 Å². The van der Waals surface area contributed by atoms with Gasteiger partial charge in [0.1, 0.15) is 5.75 Å². The largest absolute Gasteiger partial charge is 0.496 e. The molecule has 1 aliphatic rings. The molecule has 4 rings (SSSR count). The van der Waals surface area contributed by atoms with Gasteiger partial charge in [0, 0.05) is 31.4 Å². The van der Waals surface area contributed by atoms with Crippen molar-refractivity contribution >= 4 is 11.6 Å². The fourth-order valence-electron chi connectivity index (χ4n) is 4.66. The lowest BCUT2D eigenvalue weighted by molar-refractivity contribution is -0.138. The fraction of sp³-hybridized carbons (Fsp3) is 0.321. The Labute approximate surface area is 203 Å². The van der Waals surface area contributed by atoms with Crippen molar-refractivity contribution in [3.8, 4) is 5.75 Å². The van der Waals surface area contributed by atoms with Gasteiger partial charge >= 0.3 is 6.18 Å². The van der Waals surface area contributed by atoms with Gasteiger partial charge in [-0.1, -0.05) is 48.0 Å². The molecule has 0 atom stereocenters. The molecule has 35 heavy (non-hydrogen) atoms. The number of ether oxygens (including phenoxy) is 1. The molecule has 184 valence electrons. The molecule has 1 heterocycles. The number of benzene rings is 3. The highest BCUT2D eigenvalue weighted by Gasteiger charge is 2.35. The van der Waals surface area contributed by atoms with E-state index in [-0.39, 0.29) is 24.1 Å². The Morgan fingerprint density at radius 3 is 2.26 bits per heavy atom. The molecule has 7 heteroatoms. The van der Waals surface area contributed by atoms with E-state index in [0.717, 1.165) is 17.3 Å². The number of rotatable bonds is 6. The predicted octanol–water partition coefficient (Wildman–Crippen LogP) is 6.33. The lowest BCUT2D eigenvalue weighted by atomic mass is 9.99. The molecule has 0 bridgehead atoms. The highest BCUT2D eigenvalue weighted by Crippen LogP contribution is 2.34. The van der Waals surface area contributed by atoms with Gasteiger partial charge in [-0.05, 0) is 55.7 Å². The third-order valence-electron chi connectivity index (χ3n) is 6.51. The van der Waals surface area contributed by atoms with Gasteiger partial charge in [-0.25, -0.2) is 0 Å². The summed E-state index contributed by atoms with van der Waals surface area (Å²) in [6.07, 6.45) is -3.07. The molecular weight excluding hydrogens is 453 g/mol. The molecule has 3 aromatic rings. The van der Waals surface area contributed by atoms with Crippen LogP contribution in [0, 0.1) is 6.92 Å². The van der Waals surface area contributed by atoms with E-state index >= 15 is 0 Å². The number of carbonyl (C=O) groups excluding carboxylic acids is 1. The van der Waals surface area contributed by atoms with Crippen LogP contribution in [0.15, 0.2) is 72.8 Å². The zero-order valence-electron chi connectivity index (χ0n) is 19.9. The number of anilines is 1. The highest BCUT2D eigenvalue weighted by atomic mass is 19.4. The number of hydrogen-bond acceptors (Lipinski definition) is 3. The molecule has 0 aromatic heterocycles. The van der Waals surface area contributed by atoms with Gasteiger partial charge in [0.05, 0.1) is 18.2 Å². The zero-order valence-corrected chi connectivity index (χ0v) is 19.9. The maximum atomic E-state index is 13.7. The molecule has 0 aliphatic carbocycles. The number of halogens is 3. The highest BCUT2D eigenvalue weighted by molar-refractivity contribution is 6.08. The van der Waals surface area contributed by atoms with Crippen molar-refractivity contribution in [2.45, 2.75) is 38.5 Å². The summed E-state index contributed by atoms with van der Waals surface area (Å²) in [5.74, 6) is 0.364. The number of para-hydroxylation sites is 1. The molecule has 1 fully saturated rings.